The second-order valence-corrected chi connectivity index (χ2v) is 2.32. The summed E-state index contributed by atoms with van der Waals surface area (Å²) < 4.78 is 0. The van der Waals surface area contributed by atoms with Gasteiger partial charge < -0.3 is 5.32 Å². The van der Waals surface area contributed by atoms with Crippen LogP contribution in [0.15, 0.2) is 17.5 Å². The summed E-state index contributed by atoms with van der Waals surface area (Å²) in [6.07, 6.45) is 4.75. The van der Waals surface area contributed by atoms with Crippen molar-refractivity contribution in [3.05, 3.63) is 12.5 Å². The largest absolute Gasteiger partial charge is 0.321 e. The molecule has 0 fully saturated rings. The average Bonchev–Trinajstić information content (AvgIpc) is 2.25. The molecule has 2 heterocycles. The van der Waals surface area contributed by atoms with Crippen LogP contribution in [0.1, 0.15) is 6.42 Å². The van der Waals surface area contributed by atoms with Crippen LogP contribution in [0.2, 0.25) is 0 Å². The van der Waals surface area contributed by atoms with Crippen LogP contribution in [0.4, 0.5) is 11.5 Å². The van der Waals surface area contributed by atoms with Crippen LogP contribution in [0.3, 0.4) is 0 Å². The summed E-state index contributed by atoms with van der Waals surface area (Å²) in [4.78, 5) is 22.6. The second-order valence-electron chi connectivity index (χ2n) is 2.32. The summed E-state index contributed by atoms with van der Waals surface area (Å²) in [6, 6.07) is 0. The van der Waals surface area contributed by atoms with Gasteiger partial charge in [-0.1, -0.05) is 0 Å². The molecule has 0 saturated carbocycles. The quantitative estimate of drug-likeness (QED) is 0.604. The molecule has 1 amide bonds. The number of anilines is 1. The van der Waals surface area contributed by atoms with E-state index in [1.165, 1.54) is 18.7 Å². The zero-order chi connectivity index (χ0) is 8.39. The fourth-order valence-corrected chi connectivity index (χ4v) is 0.930. The predicted octanol–water partition coefficient (Wildman–Crippen LogP) is 0.521. The Balaban J connectivity index is 2.48. The molecule has 0 bridgehead atoms. The van der Waals surface area contributed by atoms with Gasteiger partial charge in [0, 0.05) is 6.21 Å². The van der Waals surface area contributed by atoms with Gasteiger partial charge in [0.1, 0.15) is 12.0 Å². The molecule has 5 nitrogen and oxygen atoms in total. The number of aromatic nitrogens is 2. The van der Waals surface area contributed by atoms with Gasteiger partial charge in [-0.3, -0.25) is 4.79 Å². The summed E-state index contributed by atoms with van der Waals surface area (Å²) in [6.45, 7) is 0. The number of hydrogen-bond donors (Lipinski definition) is 1. The van der Waals surface area contributed by atoms with Crippen molar-refractivity contribution < 1.29 is 4.79 Å². The van der Waals surface area contributed by atoms with Crippen molar-refractivity contribution in [3.8, 4) is 0 Å². The first-order chi connectivity index (χ1) is 5.86. The normalized spacial score (nSPS) is 14.8. The van der Waals surface area contributed by atoms with Crippen LogP contribution < -0.4 is 5.32 Å². The van der Waals surface area contributed by atoms with Gasteiger partial charge in [0.15, 0.2) is 5.82 Å². The minimum atomic E-state index is -0.0905. The average molecular weight is 162 g/mol. The lowest BCUT2D eigenvalue weighted by Gasteiger charge is -2.00. The Hall–Kier alpha value is -1.78. The van der Waals surface area contributed by atoms with Crippen LogP contribution in [0, 0.1) is 0 Å². The third-order valence-corrected chi connectivity index (χ3v) is 1.46. The number of carbonyl (C=O) groups excluding carboxylic acids is 1. The summed E-state index contributed by atoms with van der Waals surface area (Å²) in [7, 11) is 0. The summed E-state index contributed by atoms with van der Waals surface area (Å²) in [5.41, 5.74) is 0.566. The van der Waals surface area contributed by atoms with E-state index in [2.05, 4.69) is 20.3 Å². The van der Waals surface area contributed by atoms with Gasteiger partial charge in [-0.15, -0.1) is 0 Å². The molecule has 2 rings (SSSR count). The number of carbonyl (C=O) groups is 1. The fraction of sp³-hybridized carbons (Fsp3) is 0.143. The monoisotopic (exact) mass is 162 g/mol. The van der Waals surface area contributed by atoms with Crippen molar-refractivity contribution in [3.63, 3.8) is 0 Å². The molecule has 0 unspecified atom stereocenters. The van der Waals surface area contributed by atoms with E-state index in [0.717, 1.165) is 0 Å². The fourth-order valence-electron chi connectivity index (χ4n) is 0.930. The molecule has 1 aliphatic heterocycles. The first kappa shape index (κ1) is 6.90. The first-order valence-corrected chi connectivity index (χ1v) is 3.48. The number of nitrogens with one attached hydrogen (secondary N) is 1. The maximum atomic E-state index is 11.0. The summed E-state index contributed by atoms with van der Waals surface area (Å²) in [5, 5.41) is 2.63. The predicted molar refractivity (Wildman–Crippen MR) is 43.4 cm³/mol. The Morgan fingerprint density at radius 1 is 1.50 bits per heavy atom. The molecule has 0 aliphatic carbocycles. The number of nitrogens with zero attached hydrogens (tertiary/aromatic N) is 3. The molecule has 60 valence electrons. The molecular formula is C7H6N4O. The van der Waals surface area contributed by atoms with Gasteiger partial charge in [0.05, 0.1) is 12.6 Å². The highest BCUT2D eigenvalue weighted by Gasteiger charge is 2.09. The van der Waals surface area contributed by atoms with Gasteiger partial charge >= 0.3 is 0 Å². The summed E-state index contributed by atoms with van der Waals surface area (Å²) in [5.74, 6) is 0.420. The van der Waals surface area contributed by atoms with E-state index in [4.69, 9.17) is 0 Å². The number of rotatable bonds is 0. The molecule has 1 aromatic rings. The van der Waals surface area contributed by atoms with Crippen molar-refractivity contribution in [1.82, 2.24) is 9.97 Å². The van der Waals surface area contributed by atoms with Crippen LogP contribution in [-0.4, -0.2) is 22.1 Å². The maximum absolute atomic E-state index is 11.0. The first-order valence-electron chi connectivity index (χ1n) is 3.48. The van der Waals surface area contributed by atoms with E-state index < -0.39 is 0 Å². The minimum absolute atomic E-state index is 0.0905. The van der Waals surface area contributed by atoms with E-state index in [-0.39, 0.29) is 12.3 Å². The Morgan fingerprint density at radius 3 is 3.33 bits per heavy atom. The molecular weight excluding hydrogens is 156 g/mol. The molecule has 0 aromatic carbocycles. The molecule has 1 N–H and O–H groups in total. The van der Waals surface area contributed by atoms with Gasteiger partial charge in [-0.05, 0) is 0 Å². The van der Waals surface area contributed by atoms with Crippen LogP contribution in [0.5, 0.6) is 0 Å². The number of fused-ring (bicyclic) bond motifs is 1. The molecule has 0 spiro atoms. The topological polar surface area (TPSA) is 67.2 Å². The Morgan fingerprint density at radius 2 is 2.42 bits per heavy atom. The lowest BCUT2D eigenvalue weighted by atomic mass is 10.4. The number of amides is 1. The van der Waals surface area contributed by atoms with E-state index in [9.17, 15) is 4.79 Å². The van der Waals surface area contributed by atoms with Crippen LogP contribution in [0.25, 0.3) is 0 Å². The third-order valence-electron chi connectivity index (χ3n) is 1.46. The van der Waals surface area contributed by atoms with E-state index in [1.807, 2.05) is 0 Å². The van der Waals surface area contributed by atoms with Crippen molar-refractivity contribution >= 4 is 23.6 Å². The Kier molecular flexibility index (Phi) is 1.55. The highest BCUT2D eigenvalue weighted by Crippen LogP contribution is 2.21. The Bertz CT molecular complexity index is 347. The lowest BCUT2D eigenvalue weighted by Crippen LogP contribution is -2.10. The molecule has 1 aliphatic rings. The van der Waals surface area contributed by atoms with Crippen molar-refractivity contribution in [2.45, 2.75) is 6.42 Å². The van der Waals surface area contributed by atoms with Gasteiger partial charge in [-0.25, -0.2) is 15.0 Å². The van der Waals surface area contributed by atoms with Crippen LogP contribution in [-0.2, 0) is 4.79 Å². The molecule has 5 heteroatoms. The second kappa shape index (κ2) is 2.69. The zero-order valence-electron chi connectivity index (χ0n) is 6.19. The molecule has 1 aromatic heterocycles. The third kappa shape index (κ3) is 1.16. The molecule has 12 heavy (non-hydrogen) atoms. The lowest BCUT2D eigenvalue weighted by molar-refractivity contribution is -0.115. The maximum Gasteiger partial charge on any atom is 0.229 e. The Labute approximate surface area is 68.6 Å². The minimum Gasteiger partial charge on any atom is -0.321 e. The van der Waals surface area contributed by atoms with Crippen molar-refractivity contribution in [1.29, 1.82) is 0 Å². The van der Waals surface area contributed by atoms with Crippen molar-refractivity contribution in [2.24, 2.45) is 4.99 Å². The van der Waals surface area contributed by atoms with Crippen LogP contribution >= 0.6 is 0 Å². The van der Waals surface area contributed by atoms with E-state index in [1.54, 1.807) is 0 Å². The van der Waals surface area contributed by atoms with E-state index >= 15 is 0 Å². The molecule has 0 radical (unpaired) electrons. The van der Waals surface area contributed by atoms with Gasteiger partial charge in [0.25, 0.3) is 0 Å². The van der Waals surface area contributed by atoms with Gasteiger partial charge in [-0.2, -0.15) is 0 Å². The molecule has 0 saturated heterocycles. The molecule has 0 atom stereocenters. The zero-order valence-corrected chi connectivity index (χ0v) is 6.19. The van der Waals surface area contributed by atoms with Gasteiger partial charge in [0.2, 0.25) is 5.91 Å². The SMILES string of the molecule is O=C1CC=Nc2ncncc2N1. The van der Waals surface area contributed by atoms with Crippen molar-refractivity contribution in [2.75, 3.05) is 5.32 Å². The number of hydrogen-bond acceptors (Lipinski definition) is 4. The smallest absolute Gasteiger partial charge is 0.229 e. The van der Waals surface area contributed by atoms with E-state index in [0.29, 0.717) is 11.5 Å². The summed E-state index contributed by atoms with van der Waals surface area (Å²) >= 11 is 0. The highest BCUT2D eigenvalue weighted by atomic mass is 16.1. The highest BCUT2D eigenvalue weighted by molar-refractivity contribution is 6.02. The standard InChI is InChI=1S/C7H6N4O/c12-6-1-2-9-7-5(11-6)3-8-4-10-7/h2-4H,1H2,(H,11,12). The number of aliphatic imine (C=N–C) groups is 1.